The lowest BCUT2D eigenvalue weighted by Gasteiger charge is -2.08. The number of rotatable bonds is 3. The average molecular weight is 231 g/mol. The molecule has 1 unspecified atom stereocenters. The summed E-state index contributed by atoms with van der Waals surface area (Å²) in [5, 5.41) is 3.76. The van der Waals surface area contributed by atoms with Gasteiger partial charge in [-0.3, -0.25) is 0 Å². The van der Waals surface area contributed by atoms with Gasteiger partial charge in [-0.1, -0.05) is 0 Å². The maximum atomic E-state index is 11.9. The molecule has 7 heteroatoms. The Morgan fingerprint density at radius 2 is 2.47 bits per heavy atom. The van der Waals surface area contributed by atoms with Gasteiger partial charge in [0, 0.05) is 13.7 Å². The molecule has 0 radical (unpaired) electrons. The van der Waals surface area contributed by atoms with Crippen molar-refractivity contribution in [3.63, 3.8) is 0 Å². The SMILES string of the molecule is Cn1ncnc1S(=O)(=O)CC1CCCO1. The van der Waals surface area contributed by atoms with Crippen LogP contribution in [0.2, 0.25) is 0 Å². The zero-order valence-electron chi connectivity index (χ0n) is 8.46. The summed E-state index contributed by atoms with van der Waals surface area (Å²) in [6.45, 7) is 0.652. The Morgan fingerprint density at radius 3 is 3.00 bits per heavy atom. The highest BCUT2D eigenvalue weighted by Crippen LogP contribution is 2.17. The standard InChI is InChI=1S/C8H13N3O3S/c1-11-8(9-6-10-11)15(12,13)5-7-3-2-4-14-7/h6-7H,2-5H2,1H3. The molecule has 0 N–H and O–H groups in total. The van der Waals surface area contributed by atoms with E-state index in [0.717, 1.165) is 12.8 Å². The van der Waals surface area contributed by atoms with Gasteiger partial charge in [-0.15, -0.1) is 0 Å². The predicted molar refractivity (Wildman–Crippen MR) is 52.0 cm³/mol. The first-order chi connectivity index (χ1) is 7.09. The molecular weight excluding hydrogens is 218 g/mol. The van der Waals surface area contributed by atoms with E-state index in [4.69, 9.17) is 4.74 Å². The molecule has 6 nitrogen and oxygen atoms in total. The van der Waals surface area contributed by atoms with Gasteiger partial charge in [0.25, 0.3) is 0 Å². The highest BCUT2D eigenvalue weighted by molar-refractivity contribution is 7.91. The fourth-order valence-electron chi connectivity index (χ4n) is 1.66. The Labute approximate surface area is 88.2 Å². The van der Waals surface area contributed by atoms with Crippen LogP contribution in [0.1, 0.15) is 12.8 Å². The second-order valence-corrected chi connectivity index (χ2v) is 5.51. The minimum atomic E-state index is -3.37. The van der Waals surface area contributed by atoms with Crippen molar-refractivity contribution >= 4 is 9.84 Å². The molecule has 1 aromatic heterocycles. The molecule has 0 spiro atoms. The van der Waals surface area contributed by atoms with Gasteiger partial charge in [-0.05, 0) is 12.8 Å². The van der Waals surface area contributed by atoms with Crippen molar-refractivity contribution in [2.45, 2.75) is 24.1 Å². The zero-order chi connectivity index (χ0) is 10.9. The number of nitrogens with zero attached hydrogens (tertiary/aromatic N) is 3. The topological polar surface area (TPSA) is 74.1 Å². The molecule has 84 valence electrons. The van der Waals surface area contributed by atoms with Crippen LogP contribution >= 0.6 is 0 Å². The Morgan fingerprint density at radius 1 is 1.67 bits per heavy atom. The smallest absolute Gasteiger partial charge is 0.245 e. The normalized spacial score (nSPS) is 22.1. The summed E-state index contributed by atoms with van der Waals surface area (Å²) in [4.78, 5) is 3.74. The van der Waals surface area contributed by atoms with Crippen LogP contribution < -0.4 is 0 Å². The molecular formula is C8H13N3O3S. The van der Waals surface area contributed by atoms with Crippen molar-refractivity contribution in [3.05, 3.63) is 6.33 Å². The quantitative estimate of drug-likeness (QED) is 0.718. The van der Waals surface area contributed by atoms with E-state index in [2.05, 4.69) is 10.1 Å². The third-order valence-corrected chi connectivity index (χ3v) is 4.11. The van der Waals surface area contributed by atoms with Gasteiger partial charge < -0.3 is 4.74 Å². The number of aryl methyl sites for hydroxylation is 1. The summed E-state index contributed by atoms with van der Waals surface area (Å²) in [5.74, 6) is -0.000463. The molecule has 2 rings (SSSR count). The van der Waals surface area contributed by atoms with E-state index in [9.17, 15) is 8.42 Å². The fourth-order valence-corrected chi connectivity index (χ4v) is 3.22. The van der Waals surface area contributed by atoms with Gasteiger partial charge in [0.2, 0.25) is 15.0 Å². The Hall–Kier alpha value is -0.950. The molecule has 0 aromatic carbocycles. The van der Waals surface area contributed by atoms with Gasteiger partial charge in [0.05, 0.1) is 11.9 Å². The van der Waals surface area contributed by atoms with Crippen LogP contribution in [0.25, 0.3) is 0 Å². The molecule has 0 amide bonds. The van der Waals surface area contributed by atoms with Crippen molar-refractivity contribution in [2.75, 3.05) is 12.4 Å². The number of hydrogen-bond donors (Lipinski definition) is 0. The first-order valence-electron chi connectivity index (χ1n) is 4.78. The molecule has 1 aromatic rings. The van der Waals surface area contributed by atoms with E-state index >= 15 is 0 Å². The second-order valence-electron chi connectivity index (χ2n) is 3.58. The Kier molecular flexibility index (Phi) is 2.74. The first-order valence-corrected chi connectivity index (χ1v) is 6.43. The van der Waals surface area contributed by atoms with E-state index in [-0.39, 0.29) is 17.0 Å². The van der Waals surface area contributed by atoms with Gasteiger partial charge in [-0.25, -0.2) is 18.1 Å². The second kappa shape index (κ2) is 3.90. The lowest BCUT2D eigenvalue weighted by atomic mass is 10.3. The Bertz CT molecular complexity index is 434. The van der Waals surface area contributed by atoms with Crippen molar-refractivity contribution in [1.29, 1.82) is 0 Å². The van der Waals surface area contributed by atoms with Crippen LogP contribution in [0.4, 0.5) is 0 Å². The van der Waals surface area contributed by atoms with Crippen molar-refractivity contribution in [3.8, 4) is 0 Å². The van der Waals surface area contributed by atoms with E-state index in [1.54, 1.807) is 7.05 Å². The fraction of sp³-hybridized carbons (Fsp3) is 0.750. The van der Waals surface area contributed by atoms with E-state index < -0.39 is 9.84 Å². The lowest BCUT2D eigenvalue weighted by molar-refractivity contribution is 0.127. The average Bonchev–Trinajstić information content (AvgIpc) is 2.75. The summed E-state index contributed by atoms with van der Waals surface area (Å²) in [6.07, 6.45) is 2.78. The largest absolute Gasteiger partial charge is 0.377 e. The number of hydrogen-bond acceptors (Lipinski definition) is 5. The van der Waals surface area contributed by atoms with E-state index in [0.29, 0.717) is 6.61 Å². The maximum Gasteiger partial charge on any atom is 0.245 e. The monoisotopic (exact) mass is 231 g/mol. The lowest BCUT2D eigenvalue weighted by Crippen LogP contribution is -2.22. The summed E-state index contributed by atoms with van der Waals surface area (Å²) < 4.78 is 30.3. The minimum absolute atomic E-state index is 0.000463. The first kappa shape index (κ1) is 10.6. The molecule has 0 bridgehead atoms. The van der Waals surface area contributed by atoms with Crippen LogP contribution in [0.3, 0.4) is 0 Å². The summed E-state index contributed by atoms with van der Waals surface area (Å²) >= 11 is 0. The van der Waals surface area contributed by atoms with Crippen molar-refractivity contribution < 1.29 is 13.2 Å². The van der Waals surface area contributed by atoms with Crippen LogP contribution in [0, 0.1) is 0 Å². The van der Waals surface area contributed by atoms with Crippen LogP contribution in [0.5, 0.6) is 0 Å². The van der Waals surface area contributed by atoms with Crippen molar-refractivity contribution in [1.82, 2.24) is 14.8 Å². The molecule has 15 heavy (non-hydrogen) atoms. The third kappa shape index (κ3) is 2.18. The summed E-state index contributed by atoms with van der Waals surface area (Å²) in [7, 11) is -1.80. The molecule has 1 aliphatic rings. The molecule has 1 atom stereocenters. The van der Waals surface area contributed by atoms with Crippen LogP contribution in [-0.2, 0) is 21.6 Å². The molecule has 0 saturated carbocycles. The molecule has 1 aliphatic heterocycles. The third-order valence-electron chi connectivity index (χ3n) is 2.38. The molecule has 0 aliphatic carbocycles. The highest BCUT2D eigenvalue weighted by Gasteiger charge is 2.27. The number of sulfone groups is 1. The maximum absolute atomic E-state index is 11.9. The number of aromatic nitrogens is 3. The van der Waals surface area contributed by atoms with Crippen molar-refractivity contribution in [2.24, 2.45) is 7.05 Å². The van der Waals surface area contributed by atoms with Gasteiger partial charge in [0.1, 0.15) is 6.33 Å². The van der Waals surface area contributed by atoms with Gasteiger partial charge in [0.15, 0.2) is 0 Å². The number of ether oxygens (including phenoxy) is 1. The van der Waals surface area contributed by atoms with Gasteiger partial charge in [-0.2, -0.15) is 5.10 Å². The van der Waals surface area contributed by atoms with Crippen LogP contribution in [-0.4, -0.2) is 41.6 Å². The summed E-state index contributed by atoms with van der Waals surface area (Å²) in [6, 6.07) is 0. The molecule has 1 saturated heterocycles. The van der Waals surface area contributed by atoms with E-state index in [1.165, 1.54) is 11.0 Å². The van der Waals surface area contributed by atoms with Crippen LogP contribution in [0.15, 0.2) is 11.5 Å². The zero-order valence-corrected chi connectivity index (χ0v) is 9.27. The highest BCUT2D eigenvalue weighted by atomic mass is 32.2. The van der Waals surface area contributed by atoms with E-state index in [1.807, 2.05) is 0 Å². The Balaban J connectivity index is 2.16. The summed E-state index contributed by atoms with van der Waals surface area (Å²) in [5.41, 5.74) is 0. The predicted octanol–water partition coefficient (Wildman–Crippen LogP) is -0.232. The molecule has 2 heterocycles. The molecule has 1 fully saturated rings. The minimum Gasteiger partial charge on any atom is -0.377 e. The van der Waals surface area contributed by atoms with Gasteiger partial charge >= 0.3 is 0 Å².